The van der Waals surface area contributed by atoms with Crippen molar-refractivity contribution in [2.45, 2.75) is 6.42 Å². The summed E-state index contributed by atoms with van der Waals surface area (Å²) < 4.78 is 18.4. The maximum Gasteiger partial charge on any atom is 0.407 e. The first-order valence-electron chi connectivity index (χ1n) is 6.52. The summed E-state index contributed by atoms with van der Waals surface area (Å²) in [6.45, 7) is 6.11. The van der Waals surface area contributed by atoms with Gasteiger partial charge in [-0.05, 0) is 0 Å². The topological polar surface area (TPSA) is 117 Å². The average Bonchev–Trinajstić information content (AvgIpc) is 2.55. The molecular weight excluding hydrogens is 310 g/mol. The van der Waals surface area contributed by atoms with Crippen LogP contribution in [0.25, 0.3) is 0 Å². The van der Waals surface area contributed by atoms with Gasteiger partial charge in [-0.2, -0.15) is 0 Å². The summed E-state index contributed by atoms with van der Waals surface area (Å²) in [5, 5.41) is 2.31. The van der Waals surface area contributed by atoms with Crippen LogP contribution in [0.15, 0.2) is 24.8 Å². The van der Waals surface area contributed by atoms with Crippen LogP contribution in [0.4, 0.5) is 4.79 Å². The number of carbonyl (C=O) groups excluding carboxylic acids is 4. The highest BCUT2D eigenvalue weighted by atomic mass is 16.6. The SMILES string of the molecule is C=CC(=O)OCCNC(=O)OCCC(=O)OCC(=C)C(=O)OC. The Morgan fingerprint density at radius 2 is 1.78 bits per heavy atom. The number of nitrogens with one attached hydrogen (secondary N) is 1. The number of hydrogen-bond donors (Lipinski definition) is 1. The Hall–Kier alpha value is -2.84. The maximum atomic E-state index is 11.3. The molecule has 0 aromatic carbocycles. The van der Waals surface area contributed by atoms with E-state index in [0.717, 1.165) is 6.08 Å². The van der Waals surface area contributed by atoms with E-state index in [0.29, 0.717) is 0 Å². The number of rotatable bonds is 10. The molecule has 0 spiro atoms. The fourth-order valence-corrected chi connectivity index (χ4v) is 1.08. The van der Waals surface area contributed by atoms with Crippen molar-refractivity contribution >= 4 is 24.0 Å². The molecule has 1 amide bonds. The van der Waals surface area contributed by atoms with Gasteiger partial charge < -0.3 is 24.3 Å². The van der Waals surface area contributed by atoms with Gasteiger partial charge in [0.25, 0.3) is 0 Å². The Morgan fingerprint density at radius 1 is 1.09 bits per heavy atom. The highest BCUT2D eigenvalue weighted by Crippen LogP contribution is 1.97. The molecule has 0 aliphatic heterocycles. The van der Waals surface area contributed by atoms with Crippen molar-refractivity contribution < 1.29 is 38.1 Å². The lowest BCUT2D eigenvalue weighted by Gasteiger charge is -2.08. The zero-order chi connectivity index (χ0) is 17.7. The van der Waals surface area contributed by atoms with Crippen LogP contribution in [0.3, 0.4) is 0 Å². The summed E-state index contributed by atoms with van der Waals surface area (Å²) in [6.07, 6.45) is 0.0398. The summed E-state index contributed by atoms with van der Waals surface area (Å²) in [4.78, 5) is 44.2. The lowest BCUT2D eigenvalue weighted by Crippen LogP contribution is -2.29. The first-order chi connectivity index (χ1) is 10.9. The predicted molar refractivity (Wildman–Crippen MR) is 77.2 cm³/mol. The quantitative estimate of drug-likeness (QED) is 0.260. The van der Waals surface area contributed by atoms with E-state index < -0.39 is 24.0 Å². The zero-order valence-corrected chi connectivity index (χ0v) is 12.8. The minimum Gasteiger partial charge on any atom is -0.466 e. The van der Waals surface area contributed by atoms with Crippen molar-refractivity contribution in [3.8, 4) is 0 Å². The van der Waals surface area contributed by atoms with E-state index in [2.05, 4.69) is 27.9 Å². The van der Waals surface area contributed by atoms with Crippen molar-refractivity contribution in [3.63, 3.8) is 0 Å². The number of amides is 1. The predicted octanol–water partition coefficient (Wildman–Crippen LogP) is 0.104. The highest BCUT2D eigenvalue weighted by molar-refractivity contribution is 5.88. The molecule has 23 heavy (non-hydrogen) atoms. The second kappa shape index (κ2) is 11.8. The fraction of sp³-hybridized carbons (Fsp3) is 0.429. The number of esters is 3. The Morgan fingerprint density at radius 3 is 2.39 bits per heavy atom. The van der Waals surface area contributed by atoms with Gasteiger partial charge >= 0.3 is 24.0 Å². The van der Waals surface area contributed by atoms with Gasteiger partial charge in [0.05, 0.1) is 25.6 Å². The van der Waals surface area contributed by atoms with Gasteiger partial charge in [-0.25, -0.2) is 14.4 Å². The van der Waals surface area contributed by atoms with E-state index in [1.54, 1.807) is 0 Å². The lowest BCUT2D eigenvalue weighted by atomic mass is 10.3. The van der Waals surface area contributed by atoms with Gasteiger partial charge in [-0.3, -0.25) is 4.79 Å². The maximum absolute atomic E-state index is 11.3. The van der Waals surface area contributed by atoms with Crippen molar-refractivity contribution in [1.82, 2.24) is 5.32 Å². The second-order valence-corrected chi connectivity index (χ2v) is 3.94. The molecule has 0 radical (unpaired) electrons. The molecule has 1 N–H and O–H groups in total. The number of alkyl carbamates (subject to hydrolysis) is 1. The molecule has 0 fully saturated rings. The largest absolute Gasteiger partial charge is 0.466 e. The minimum absolute atomic E-state index is 0.00594. The molecule has 9 heteroatoms. The molecule has 0 atom stereocenters. The summed E-state index contributed by atoms with van der Waals surface area (Å²) in [6, 6.07) is 0. The molecular formula is C14H19NO8. The molecule has 0 saturated heterocycles. The normalized spacial score (nSPS) is 9.26. The number of methoxy groups -OCH3 is 1. The molecule has 0 aliphatic carbocycles. The Labute approximate surface area is 133 Å². The third-order valence-corrected chi connectivity index (χ3v) is 2.20. The highest BCUT2D eigenvalue weighted by Gasteiger charge is 2.11. The van der Waals surface area contributed by atoms with Crippen LogP contribution in [-0.2, 0) is 33.3 Å². The van der Waals surface area contributed by atoms with E-state index in [4.69, 9.17) is 9.47 Å². The third kappa shape index (κ3) is 10.5. The van der Waals surface area contributed by atoms with E-state index in [9.17, 15) is 19.2 Å². The molecule has 128 valence electrons. The van der Waals surface area contributed by atoms with Crippen LogP contribution in [0.1, 0.15) is 6.42 Å². The van der Waals surface area contributed by atoms with Crippen LogP contribution < -0.4 is 5.32 Å². The minimum atomic E-state index is -0.772. The standard InChI is InChI=1S/C14H19NO8/c1-4-11(16)21-8-6-15-14(19)22-7-5-12(17)23-9-10(2)13(18)20-3/h4H,1-2,5-9H2,3H3,(H,15,19). The summed E-state index contributed by atoms with van der Waals surface area (Å²) in [7, 11) is 1.18. The van der Waals surface area contributed by atoms with Gasteiger partial charge in [-0.1, -0.05) is 13.2 Å². The summed E-state index contributed by atoms with van der Waals surface area (Å²) in [5.41, 5.74) is -0.00594. The van der Waals surface area contributed by atoms with Crippen LogP contribution in [-0.4, -0.2) is 57.5 Å². The number of ether oxygens (including phenoxy) is 4. The van der Waals surface area contributed by atoms with E-state index >= 15 is 0 Å². The molecule has 0 heterocycles. The zero-order valence-electron chi connectivity index (χ0n) is 12.8. The van der Waals surface area contributed by atoms with Gasteiger partial charge in [0.1, 0.15) is 19.8 Å². The first-order valence-corrected chi connectivity index (χ1v) is 6.52. The molecule has 0 aromatic heterocycles. The fourth-order valence-electron chi connectivity index (χ4n) is 1.08. The van der Waals surface area contributed by atoms with Crippen LogP contribution in [0, 0.1) is 0 Å². The van der Waals surface area contributed by atoms with E-state index in [-0.39, 0.29) is 38.4 Å². The Kier molecular flexibility index (Phi) is 10.3. The van der Waals surface area contributed by atoms with Crippen molar-refractivity contribution in [1.29, 1.82) is 0 Å². The van der Waals surface area contributed by atoms with Gasteiger partial charge in [-0.15, -0.1) is 0 Å². The Bertz CT molecular complexity index is 471. The molecule has 0 bridgehead atoms. The molecule has 0 rings (SSSR count). The number of carbonyl (C=O) groups is 4. The lowest BCUT2D eigenvalue weighted by molar-refractivity contribution is -0.145. The summed E-state index contributed by atoms with van der Waals surface area (Å²) >= 11 is 0. The average molecular weight is 329 g/mol. The van der Waals surface area contributed by atoms with Crippen molar-refractivity contribution in [2.75, 3.05) is 33.5 Å². The summed E-state index contributed by atoms with van der Waals surface area (Å²) in [5.74, 6) is -1.94. The van der Waals surface area contributed by atoms with Gasteiger partial charge in [0.15, 0.2) is 0 Å². The van der Waals surface area contributed by atoms with Crippen molar-refractivity contribution in [3.05, 3.63) is 24.8 Å². The molecule has 0 aliphatic rings. The van der Waals surface area contributed by atoms with E-state index in [1.165, 1.54) is 7.11 Å². The van der Waals surface area contributed by atoms with Crippen LogP contribution in [0.5, 0.6) is 0 Å². The smallest absolute Gasteiger partial charge is 0.407 e. The van der Waals surface area contributed by atoms with Gasteiger partial charge in [0.2, 0.25) is 0 Å². The number of hydrogen-bond acceptors (Lipinski definition) is 8. The molecule has 0 aromatic rings. The van der Waals surface area contributed by atoms with Gasteiger partial charge in [0, 0.05) is 6.08 Å². The third-order valence-electron chi connectivity index (χ3n) is 2.20. The van der Waals surface area contributed by atoms with E-state index in [1.807, 2.05) is 0 Å². The first kappa shape index (κ1) is 20.2. The van der Waals surface area contributed by atoms with Crippen molar-refractivity contribution in [2.24, 2.45) is 0 Å². The monoisotopic (exact) mass is 329 g/mol. The molecule has 0 unspecified atom stereocenters. The Balaban J connectivity index is 3.68. The molecule has 0 saturated carbocycles. The van der Waals surface area contributed by atoms with Crippen LogP contribution >= 0.6 is 0 Å². The second-order valence-electron chi connectivity index (χ2n) is 3.94. The molecule has 9 nitrogen and oxygen atoms in total. The van der Waals surface area contributed by atoms with Crippen LogP contribution in [0.2, 0.25) is 0 Å².